The summed E-state index contributed by atoms with van der Waals surface area (Å²) in [5.41, 5.74) is 3.29. The molecule has 3 aliphatic rings. The first-order valence-corrected chi connectivity index (χ1v) is 11.7. The molecule has 10 nitrogen and oxygen atoms in total. The Morgan fingerprint density at radius 3 is 1.35 bits per heavy atom. The fourth-order valence-electron chi connectivity index (χ4n) is 5.99. The van der Waals surface area contributed by atoms with Gasteiger partial charge in [-0.05, 0) is 40.8 Å². The molecule has 2 heterocycles. The summed E-state index contributed by atoms with van der Waals surface area (Å²) in [5.74, 6) is -3.32. The normalized spacial score (nSPS) is 23.0. The number of hydrogen-bond donors (Lipinski definition) is 0. The number of hydrogen-bond acceptors (Lipinski definition) is 10. The Bertz CT molecular complexity index is 1210. The van der Waals surface area contributed by atoms with E-state index in [4.69, 9.17) is 28.4 Å². The Morgan fingerprint density at radius 2 is 1.00 bits per heavy atom. The third kappa shape index (κ3) is 3.79. The maximum Gasteiger partial charge on any atom is 0.339 e. The fraction of sp³-hybridized carbons (Fsp3) is 0.407. The van der Waals surface area contributed by atoms with E-state index in [1.807, 2.05) is 0 Å². The minimum Gasteiger partial charge on any atom is -0.465 e. The van der Waals surface area contributed by atoms with Gasteiger partial charge in [0, 0.05) is 11.8 Å². The van der Waals surface area contributed by atoms with Crippen LogP contribution in [0.3, 0.4) is 0 Å². The van der Waals surface area contributed by atoms with E-state index in [2.05, 4.69) is 0 Å². The van der Waals surface area contributed by atoms with E-state index in [9.17, 15) is 19.2 Å². The van der Waals surface area contributed by atoms with Crippen molar-refractivity contribution in [2.75, 3.05) is 28.4 Å². The van der Waals surface area contributed by atoms with Crippen LogP contribution in [0, 0.1) is 0 Å². The molecule has 2 aromatic rings. The quantitative estimate of drug-likeness (QED) is 0.448. The molecular formula is C27H26O10. The Morgan fingerprint density at radius 1 is 0.622 bits per heavy atom. The van der Waals surface area contributed by atoms with Gasteiger partial charge in [0.25, 0.3) is 0 Å². The standard InChI is InChI=1S/C27H26O10/c1-32-24(28)14-7-5-12-10-36-22-16(18(12)20(14)26(30)34-3)9-17-19-13(11-37-23(17)22)6-8-15(25(29)33-2)21(19)27(31)35-4/h5-8,16-17,22-23H,9-11H2,1-4H3/t16-,17+,22+,23-. The highest BCUT2D eigenvalue weighted by Crippen LogP contribution is 2.54. The Balaban J connectivity index is 1.68. The third-order valence-electron chi connectivity index (χ3n) is 7.49. The van der Waals surface area contributed by atoms with Crippen LogP contribution in [0.4, 0.5) is 0 Å². The van der Waals surface area contributed by atoms with Gasteiger partial charge in [-0.1, -0.05) is 12.1 Å². The molecule has 0 saturated heterocycles. The van der Waals surface area contributed by atoms with E-state index in [0.717, 1.165) is 11.1 Å². The van der Waals surface area contributed by atoms with Crippen molar-refractivity contribution in [2.45, 2.75) is 43.7 Å². The summed E-state index contributed by atoms with van der Waals surface area (Å²) in [6.07, 6.45) is -0.498. The van der Waals surface area contributed by atoms with Gasteiger partial charge in [0.2, 0.25) is 0 Å². The van der Waals surface area contributed by atoms with Crippen LogP contribution < -0.4 is 0 Å². The van der Waals surface area contributed by atoms with Crippen molar-refractivity contribution in [1.82, 2.24) is 0 Å². The van der Waals surface area contributed by atoms with Crippen molar-refractivity contribution in [3.63, 3.8) is 0 Å². The van der Waals surface area contributed by atoms with Crippen molar-refractivity contribution in [1.29, 1.82) is 0 Å². The zero-order valence-electron chi connectivity index (χ0n) is 20.8. The van der Waals surface area contributed by atoms with Gasteiger partial charge in [0.1, 0.15) is 0 Å². The molecule has 0 radical (unpaired) electrons. The summed E-state index contributed by atoms with van der Waals surface area (Å²) in [4.78, 5) is 51.0. The van der Waals surface area contributed by atoms with E-state index in [-0.39, 0.29) is 47.3 Å². The van der Waals surface area contributed by atoms with Crippen LogP contribution >= 0.6 is 0 Å². The molecule has 194 valence electrons. The molecule has 0 aromatic heterocycles. The van der Waals surface area contributed by atoms with E-state index >= 15 is 0 Å². The lowest BCUT2D eigenvalue weighted by Crippen LogP contribution is -2.38. The topological polar surface area (TPSA) is 124 Å². The van der Waals surface area contributed by atoms with E-state index in [0.29, 0.717) is 17.5 Å². The van der Waals surface area contributed by atoms with Gasteiger partial charge < -0.3 is 28.4 Å². The zero-order valence-corrected chi connectivity index (χ0v) is 20.8. The van der Waals surface area contributed by atoms with Crippen LogP contribution in [-0.4, -0.2) is 64.5 Å². The summed E-state index contributed by atoms with van der Waals surface area (Å²) in [6, 6.07) is 6.56. The van der Waals surface area contributed by atoms with Gasteiger partial charge in [0.05, 0.1) is 76.1 Å². The average molecular weight is 510 g/mol. The van der Waals surface area contributed by atoms with Crippen LogP contribution in [0.2, 0.25) is 0 Å². The number of rotatable bonds is 4. The first kappa shape index (κ1) is 24.9. The summed E-state index contributed by atoms with van der Waals surface area (Å²) < 4.78 is 32.4. The lowest BCUT2D eigenvalue weighted by molar-refractivity contribution is -0.0911. The second kappa shape index (κ2) is 9.60. The first-order valence-electron chi connectivity index (χ1n) is 11.7. The van der Waals surface area contributed by atoms with Crippen LogP contribution in [0.15, 0.2) is 24.3 Å². The zero-order chi connectivity index (χ0) is 26.4. The van der Waals surface area contributed by atoms with Crippen molar-refractivity contribution >= 4 is 23.9 Å². The number of carbonyl (C=O) groups is 4. The maximum atomic E-state index is 12.9. The van der Waals surface area contributed by atoms with Gasteiger partial charge in [-0.15, -0.1) is 0 Å². The van der Waals surface area contributed by atoms with Gasteiger partial charge in [-0.2, -0.15) is 0 Å². The number of methoxy groups -OCH3 is 4. The molecule has 37 heavy (non-hydrogen) atoms. The molecular weight excluding hydrogens is 484 g/mol. The van der Waals surface area contributed by atoms with Crippen molar-refractivity contribution in [2.24, 2.45) is 0 Å². The Hall–Kier alpha value is -3.76. The largest absolute Gasteiger partial charge is 0.465 e. The predicted molar refractivity (Wildman–Crippen MR) is 125 cm³/mol. The molecule has 10 heteroatoms. The molecule has 0 spiro atoms. The maximum absolute atomic E-state index is 12.9. The number of benzene rings is 2. The van der Waals surface area contributed by atoms with Crippen molar-refractivity contribution in [3.05, 3.63) is 68.8 Å². The summed E-state index contributed by atoms with van der Waals surface area (Å²) in [5, 5.41) is 0. The minimum atomic E-state index is -0.655. The van der Waals surface area contributed by atoms with E-state index in [1.165, 1.54) is 40.6 Å². The van der Waals surface area contributed by atoms with Gasteiger partial charge in [-0.25, -0.2) is 19.2 Å². The monoisotopic (exact) mass is 510 g/mol. The molecule has 1 saturated carbocycles. The third-order valence-corrected chi connectivity index (χ3v) is 7.49. The van der Waals surface area contributed by atoms with Crippen molar-refractivity contribution < 1.29 is 47.6 Å². The number of carbonyl (C=O) groups excluding carboxylic acids is 4. The molecule has 2 aliphatic heterocycles. The molecule has 0 unspecified atom stereocenters. The van der Waals surface area contributed by atoms with Crippen LogP contribution in [-0.2, 0) is 41.6 Å². The Kier molecular flexibility index (Phi) is 6.47. The van der Waals surface area contributed by atoms with Crippen LogP contribution in [0.5, 0.6) is 0 Å². The molecule has 0 bridgehead atoms. The highest BCUT2D eigenvalue weighted by molar-refractivity contribution is 6.05. The summed E-state index contributed by atoms with van der Waals surface area (Å²) >= 11 is 0. The second-order valence-corrected chi connectivity index (χ2v) is 9.09. The summed E-state index contributed by atoms with van der Waals surface area (Å²) in [7, 11) is 5.00. The van der Waals surface area contributed by atoms with Crippen LogP contribution in [0.25, 0.3) is 0 Å². The predicted octanol–water partition coefficient (Wildman–Crippen LogP) is 2.90. The SMILES string of the molecule is COC(=O)c1ccc2c(c1C(=O)OC)[C@H]1C[C@H]3c4c(ccc(C(=O)OC)c4C(=O)OC)CO[C@H]3[C@H]1OC2. The van der Waals surface area contributed by atoms with Crippen LogP contribution in [0.1, 0.15) is 81.9 Å². The van der Waals surface area contributed by atoms with Gasteiger partial charge in [-0.3, -0.25) is 0 Å². The lowest BCUT2D eigenvalue weighted by Gasteiger charge is -2.35. The number of ether oxygens (including phenoxy) is 6. The molecule has 0 amide bonds. The number of esters is 4. The first-order chi connectivity index (χ1) is 17.9. The highest BCUT2D eigenvalue weighted by Gasteiger charge is 2.53. The van der Waals surface area contributed by atoms with E-state index in [1.54, 1.807) is 12.1 Å². The lowest BCUT2D eigenvalue weighted by atomic mass is 9.81. The highest BCUT2D eigenvalue weighted by atomic mass is 16.5. The van der Waals surface area contributed by atoms with Gasteiger partial charge in [0.15, 0.2) is 0 Å². The molecule has 1 fully saturated rings. The Labute approximate surface area is 212 Å². The molecule has 2 aromatic carbocycles. The second-order valence-electron chi connectivity index (χ2n) is 9.09. The molecule has 4 atom stereocenters. The van der Waals surface area contributed by atoms with E-state index < -0.39 is 36.1 Å². The number of fused-ring (bicyclic) bond motifs is 7. The molecule has 5 rings (SSSR count). The smallest absolute Gasteiger partial charge is 0.339 e. The summed E-state index contributed by atoms with van der Waals surface area (Å²) in [6.45, 7) is 0.404. The fourth-order valence-corrected chi connectivity index (χ4v) is 5.99. The minimum absolute atomic E-state index is 0.105. The van der Waals surface area contributed by atoms with Crippen molar-refractivity contribution in [3.8, 4) is 0 Å². The molecule has 1 aliphatic carbocycles. The molecule has 0 N–H and O–H groups in total. The van der Waals surface area contributed by atoms with Gasteiger partial charge >= 0.3 is 23.9 Å². The average Bonchev–Trinajstić information content (AvgIpc) is 3.33.